The fraction of sp³-hybridized carbons (Fsp3) is 0.300. The van der Waals surface area contributed by atoms with Gasteiger partial charge in [-0.1, -0.05) is 0 Å². The smallest absolute Gasteiger partial charge is 0.192 e. The zero-order valence-electron chi connectivity index (χ0n) is 10.3. The Bertz CT molecular complexity index is 604. The van der Waals surface area contributed by atoms with Gasteiger partial charge in [-0.2, -0.15) is 10.2 Å². The van der Waals surface area contributed by atoms with Crippen molar-refractivity contribution < 1.29 is 0 Å². The molecule has 18 heavy (non-hydrogen) atoms. The highest BCUT2D eigenvalue weighted by molar-refractivity contribution is 7.99. The molecule has 0 bridgehead atoms. The third-order valence-corrected chi connectivity index (χ3v) is 3.58. The molecule has 2 heterocycles. The van der Waals surface area contributed by atoms with Gasteiger partial charge in [0.1, 0.15) is 17.2 Å². The van der Waals surface area contributed by atoms with Crippen LogP contribution in [0.4, 0.5) is 0 Å². The second-order valence-corrected chi connectivity index (χ2v) is 4.73. The molecule has 0 saturated heterocycles. The lowest BCUT2D eigenvalue weighted by Crippen LogP contribution is -2.17. The van der Waals surface area contributed by atoms with Gasteiger partial charge in [-0.3, -0.25) is 5.41 Å². The van der Waals surface area contributed by atoms with Crippen LogP contribution in [0.5, 0.6) is 0 Å². The van der Waals surface area contributed by atoms with Crippen LogP contribution in [-0.4, -0.2) is 30.8 Å². The first-order chi connectivity index (χ1) is 8.50. The summed E-state index contributed by atoms with van der Waals surface area (Å²) in [5.74, 6) is -0.0184. The molecule has 2 aromatic rings. The minimum Gasteiger partial charge on any atom is -0.384 e. The average Bonchev–Trinajstić information content (AvgIpc) is 2.69. The number of aryl methyl sites for hydroxylation is 2. The minimum atomic E-state index is -0.0184. The lowest BCUT2D eigenvalue weighted by atomic mass is 10.1. The maximum Gasteiger partial charge on any atom is 0.192 e. The lowest BCUT2D eigenvalue weighted by molar-refractivity contribution is 0.683. The Balaban J connectivity index is 2.48. The molecule has 0 aromatic carbocycles. The molecule has 0 saturated carbocycles. The topological polar surface area (TPSA) is 106 Å². The molecule has 0 aliphatic carbocycles. The minimum absolute atomic E-state index is 0.0184. The average molecular weight is 263 g/mol. The Hall–Kier alpha value is -1.96. The van der Waals surface area contributed by atoms with Crippen LogP contribution >= 0.6 is 11.8 Å². The number of nitrogens with two attached hydrogens (primary N) is 1. The van der Waals surface area contributed by atoms with Crippen molar-refractivity contribution in [1.29, 1.82) is 5.41 Å². The molecule has 7 nitrogen and oxygen atoms in total. The van der Waals surface area contributed by atoms with E-state index in [4.69, 9.17) is 11.1 Å². The molecular weight excluding hydrogens is 250 g/mol. The first kappa shape index (κ1) is 12.5. The van der Waals surface area contributed by atoms with Gasteiger partial charge in [0.25, 0.3) is 0 Å². The van der Waals surface area contributed by atoms with Crippen LogP contribution in [0.3, 0.4) is 0 Å². The number of nitrogens with zero attached hydrogens (tertiary/aromatic N) is 5. The number of nitrogens with one attached hydrogen (secondary N) is 1. The predicted octanol–water partition coefficient (Wildman–Crippen LogP) is 0.657. The third-order valence-electron chi connectivity index (χ3n) is 2.55. The van der Waals surface area contributed by atoms with Gasteiger partial charge in [0.2, 0.25) is 0 Å². The van der Waals surface area contributed by atoms with Crippen LogP contribution in [-0.2, 0) is 7.05 Å². The molecule has 94 valence electrons. The first-order valence-electron chi connectivity index (χ1n) is 5.20. The van der Waals surface area contributed by atoms with E-state index in [1.54, 1.807) is 11.7 Å². The number of nitrogen functional groups attached to an aromatic ring is 1. The second-order valence-electron chi connectivity index (χ2n) is 3.77. The van der Waals surface area contributed by atoms with Gasteiger partial charge >= 0.3 is 0 Å². The van der Waals surface area contributed by atoms with Crippen LogP contribution in [0.2, 0.25) is 0 Å². The molecule has 2 rings (SSSR count). The molecule has 0 aliphatic heterocycles. The fourth-order valence-corrected chi connectivity index (χ4v) is 2.34. The second kappa shape index (κ2) is 4.73. The van der Waals surface area contributed by atoms with E-state index in [-0.39, 0.29) is 5.84 Å². The molecule has 0 unspecified atom stereocenters. The molecule has 3 N–H and O–H groups in total. The Morgan fingerprint density at radius 3 is 2.67 bits per heavy atom. The van der Waals surface area contributed by atoms with E-state index >= 15 is 0 Å². The van der Waals surface area contributed by atoms with Crippen molar-refractivity contribution in [1.82, 2.24) is 25.0 Å². The van der Waals surface area contributed by atoms with Gasteiger partial charge in [0, 0.05) is 7.05 Å². The Morgan fingerprint density at radius 2 is 2.11 bits per heavy atom. The monoisotopic (exact) mass is 263 g/mol. The summed E-state index contributed by atoms with van der Waals surface area (Å²) in [6, 6.07) is 0. The number of hydrogen-bond donors (Lipinski definition) is 2. The zero-order chi connectivity index (χ0) is 13.3. The number of rotatable bonds is 3. The van der Waals surface area contributed by atoms with Gasteiger partial charge in [0.15, 0.2) is 5.16 Å². The van der Waals surface area contributed by atoms with Gasteiger partial charge in [-0.15, -0.1) is 5.10 Å². The van der Waals surface area contributed by atoms with Crippen molar-refractivity contribution in [3.63, 3.8) is 0 Å². The number of aromatic nitrogens is 5. The third kappa shape index (κ3) is 2.19. The quantitative estimate of drug-likeness (QED) is 0.622. The molecule has 0 atom stereocenters. The van der Waals surface area contributed by atoms with Gasteiger partial charge in [-0.05, 0) is 31.2 Å². The number of amidine groups is 1. The van der Waals surface area contributed by atoms with E-state index in [0.29, 0.717) is 15.7 Å². The molecule has 0 fully saturated rings. The molecule has 0 radical (unpaired) electrons. The van der Waals surface area contributed by atoms with Crippen molar-refractivity contribution in [2.45, 2.75) is 24.0 Å². The highest BCUT2D eigenvalue weighted by Crippen LogP contribution is 2.28. The van der Waals surface area contributed by atoms with Crippen molar-refractivity contribution in [2.75, 3.05) is 0 Å². The Labute approximate surface area is 108 Å². The number of hydrogen-bond acceptors (Lipinski definition) is 6. The standard InChI is InChI=1S/C10H13N7S/c1-5-6(2)15-16-9(7(5)8(11)12)18-10-13-4-14-17(10)3/h4H,1-3H3,(H3,11,12). The summed E-state index contributed by atoms with van der Waals surface area (Å²) in [7, 11) is 1.79. The van der Waals surface area contributed by atoms with E-state index in [1.807, 2.05) is 13.8 Å². The summed E-state index contributed by atoms with van der Waals surface area (Å²) in [5, 5.41) is 21.0. The molecule has 2 aromatic heterocycles. The summed E-state index contributed by atoms with van der Waals surface area (Å²) in [4.78, 5) is 4.10. The Kier molecular flexibility index (Phi) is 3.28. The predicted molar refractivity (Wildman–Crippen MR) is 67.6 cm³/mol. The van der Waals surface area contributed by atoms with Crippen molar-refractivity contribution in [3.8, 4) is 0 Å². The van der Waals surface area contributed by atoms with Crippen molar-refractivity contribution in [2.24, 2.45) is 12.8 Å². The highest BCUT2D eigenvalue weighted by Gasteiger charge is 2.16. The summed E-state index contributed by atoms with van der Waals surface area (Å²) in [5.41, 5.74) is 7.85. The van der Waals surface area contributed by atoms with E-state index in [9.17, 15) is 0 Å². The van der Waals surface area contributed by atoms with Gasteiger partial charge in [0.05, 0.1) is 11.3 Å². The maximum absolute atomic E-state index is 7.65. The van der Waals surface area contributed by atoms with Crippen molar-refractivity contribution >= 4 is 17.6 Å². The van der Waals surface area contributed by atoms with E-state index in [0.717, 1.165) is 11.3 Å². The van der Waals surface area contributed by atoms with E-state index in [2.05, 4.69) is 20.3 Å². The van der Waals surface area contributed by atoms with Crippen LogP contribution in [0.1, 0.15) is 16.8 Å². The summed E-state index contributed by atoms with van der Waals surface area (Å²) < 4.78 is 1.63. The SMILES string of the molecule is Cc1nnc(Sc2ncnn2C)c(C(=N)N)c1C. The van der Waals surface area contributed by atoms with Crippen molar-refractivity contribution in [3.05, 3.63) is 23.1 Å². The lowest BCUT2D eigenvalue weighted by Gasteiger charge is -2.10. The highest BCUT2D eigenvalue weighted by atomic mass is 32.2. The van der Waals surface area contributed by atoms with Gasteiger partial charge in [-0.25, -0.2) is 9.67 Å². The normalized spacial score (nSPS) is 10.6. The first-order valence-corrected chi connectivity index (χ1v) is 6.02. The molecular formula is C10H13N7S. The molecule has 0 spiro atoms. The molecule has 0 aliphatic rings. The molecule has 0 amide bonds. The summed E-state index contributed by atoms with van der Waals surface area (Å²) >= 11 is 1.29. The van der Waals surface area contributed by atoms with Crippen LogP contribution < -0.4 is 5.73 Å². The van der Waals surface area contributed by atoms with E-state index in [1.165, 1.54) is 18.1 Å². The van der Waals surface area contributed by atoms with Crippen LogP contribution in [0, 0.1) is 19.3 Å². The largest absolute Gasteiger partial charge is 0.384 e. The fourth-order valence-electron chi connectivity index (χ4n) is 1.44. The Morgan fingerprint density at radius 1 is 1.39 bits per heavy atom. The summed E-state index contributed by atoms with van der Waals surface area (Å²) in [6.45, 7) is 3.72. The zero-order valence-corrected chi connectivity index (χ0v) is 11.1. The summed E-state index contributed by atoms with van der Waals surface area (Å²) in [6.07, 6.45) is 1.46. The van der Waals surface area contributed by atoms with Crippen LogP contribution in [0.15, 0.2) is 16.5 Å². The van der Waals surface area contributed by atoms with Gasteiger partial charge < -0.3 is 5.73 Å². The maximum atomic E-state index is 7.65. The van der Waals surface area contributed by atoms with E-state index < -0.39 is 0 Å². The molecule has 8 heteroatoms. The van der Waals surface area contributed by atoms with Crippen LogP contribution in [0.25, 0.3) is 0 Å².